The fraction of sp³-hybridized carbons (Fsp3) is 0.538. The SMILES string of the molecule is O=C(N[C@H](CCO)C(=O)O)C1CCCN1c1ncccn1. The number of aromatic nitrogens is 2. The van der Waals surface area contributed by atoms with E-state index in [0.29, 0.717) is 18.9 Å². The lowest BCUT2D eigenvalue weighted by molar-refractivity contribution is -0.142. The smallest absolute Gasteiger partial charge is 0.326 e. The summed E-state index contributed by atoms with van der Waals surface area (Å²) in [5, 5.41) is 20.3. The van der Waals surface area contributed by atoms with E-state index in [4.69, 9.17) is 10.2 Å². The molecule has 1 amide bonds. The van der Waals surface area contributed by atoms with Gasteiger partial charge in [0.05, 0.1) is 0 Å². The Morgan fingerprint density at radius 1 is 1.43 bits per heavy atom. The van der Waals surface area contributed by atoms with E-state index in [9.17, 15) is 9.59 Å². The zero-order valence-electron chi connectivity index (χ0n) is 11.5. The van der Waals surface area contributed by atoms with Gasteiger partial charge in [0.1, 0.15) is 12.1 Å². The number of aliphatic carboxylic acids is 1. The molecule has 1 aliphatic heterocycles. The summed E-state index contributed by atoms with van der Waals surface area (Å²) in [4.78, 5) is 33.3. The van der Waals surface area contributed by atoms with Crippen molar-refractivity contribution in [2.45, 2.75) is 31.3 Å². The summed E-state index contributed by atoms with van der Waals surface area (Å²) in [5.41, 5.74) is 0. The van der Waals surface area contributed by atoms with Gasteiger partial charge in [-0.05, 0) is 18.9 Å². The minimum Gasteiger partial charge on any atom is -0.480 e. The Balaban J connectivity index is 2.05. The molecule has 114 valence electrons. The number of carbonyl (C=O) groups excluding carboxylic acids is 1. The van der Waals surface area contributed by atoms with Crippen molar-refractivity contribution < 1.29 is 19.8 Å². The number of anilines is 1. The zero-order valence-corrected chi connectivity index (χ0v) is 11.5. The molecule has 2 heterocycles. The van der Waals surface area contributed by atoms with Crippen LogP contribution in [0.3, 0.4) is 0 Å². The molecule has 1 saturated heterocycles. The van der Waals surface area contributed by atoms with Crippen molar-refractivity contribution in [2.75, 3.05) is 18.1 Å². The third-order valence-corrected chi connectivity index (χ3v) is 3.40. The topological polar surface area (TPSA) is 116 Å². The maximum Gasteiger partial charge on any atom is 0.326 e. The van der Waals surface area contributed by atoms with Crippen molar-refractivity contribution in [3.63, 3.8) is 0 Å². The van der Waals surface area contributed by atoms with Crippen LogP contribution in [0.4, 0.5) is 5.95 Å². The normalized spacial score (nSPS) is 19.3. The van der Waals surface area contributed by atoms with Crippen LogP contribution in [0.5, 0.6) is 0 Å². The number of rotatable bonds is 6. The lowest BCUT2D eigenvalue weighted by Crippen LogP contribution is -2.50. The van der Waals surface area contributed by atoms with Gasteiger partial charge in [-0.2, -0.15) is 0 Å². The van der Waals surface area contributed by atoms with Crippen LogP contribution in [-0.2, 0) is 9.59 Å². The summed E-state index contributed by atoms with van der Waals surface area (Å²) in [6.45, 7) is 0.354. The van der Waals surface area contributed by atoms with Crippen LogP contribution >= 0.6 is 0 Å². The second-order valence-corrected chi connectivity index (χ2v) is 4.81. The molecule has 0 spiro atoms. The molecule has 1 aromatic heterocycles. The number of amides is 1. The number of nitrogens with zero attached hydrogens (tertiary/aromatic N) is 3. The van der Waals surface area contributed by atoms with Crippen molar-refractivity contribution in [2.24, 2.45) is 0 Å². The van der Waals surface area contributed by atoms with Gasteiger partial charge in [0.2, 0.25) is 11.9 Å². The molecular weight excluding hydrogens is 276 g/mol. The van der Waals surface area contributed by atoms with Gasteiger partial charge in [-0.3, -0.25) is 4.79 Å². The molecule has 1 fully saturated rings. The van der Waals surface area contributed by atoms with E-state index < -0.39 is 18.1 Å². The van der Waals surface area contributed by atoms with Crippen molar-refractivity contribution in [3.05, 3.63) is 18.5 Å². The minimum atomic E-state index is -1.15. The van der Waals surface area contributed by atoms with Crippen LogP contribution in [0, 0.1) is 0 Å². The number of aliphatic hydroxyl groups excluding tert-OH is 1. The van der Waals surface area contributed by atoms with E-state index >= 15 is 0 Å². The number of hydrogen-bond donors (Lipinski definition) is 3. The molecule has 0 aromatic carbocycles. The fourth-order valence-corrected chi connectivity index (χ4v) is 2.37. The lowest BCUT2D eigenvalue weighted by atomic mass is 10.1. The molecule has 2 rings (SSSR count). The summed E-state index contributed by atoms with van der Waals surface area (Å²) in [6.07, 6.45) is 4.61. The molecule has 0 radical (unpaired) electrons. The Morgan fingerprint density at radius 2 is 2.14 bits per heavy atom. The maximum atomic E-state index is 12.3. The van der Waals surface area contributed by atoms with Crippen molar-refractivity contribution >= 4 is 17.8 Å². The second-order valence-electron chi connectivity index (χ2n) is 4.81. The van der Waals surface area contributed by atoms with E-state index in [2.05, 4.69) is 15.3 Å². The molecular formula is C13H18N4O4. The van der Waals surface area contributed by atoms with Crippen molar-refractivity contribution in [1.82, 2.24) is 15.3 Å². The Bertz CT molecular complexity index is 496. The highest BCUT2D eigenvalue weighted by atomic mass is 16.4. The van der Waals surface area contributed by atoms with E-state index in [0.717, 1.165) is 6.42 Å². The van der Waals surface area contributed by atoms with Crippen LogP contribution in [0.2, 0.25) is 0 Å². The highest BCUT2D eigenvalue weighted by molar-refractivity contribution is 5.89. The number of nitrogens with one attached hydrogen (secondary N) is 1. The molecule has 8 nitrogen and oxygen atoms in total. The van der Waals surface area contributed by atoms with Gasteiger partial charge in [-0.1, -0.05) is 0 Å². The maximum absolute atomic E-state index is 12.3. The van der Waals surface area contributed by atoms with Crippen LogP contribution in [0.1, 0.15) is 19.3 Å². The molecule has 2 atom stereocenters. The Kier molecular flexibility index (Phi) is 5.04. The first-order valence-electron chi connectivity index (χ1n) is 6.81. The Morgan fingerprint density at radius 3 is 2.76 bits per heavy atom. The van der Waals surface area contributed by atoms with Gasteiger partial charge in [0.15, 0.2) is 0 Å². The van der Waals surface area contributed by atoms with E-state index in [1.807, 2.05) is 0 Å². The highest BCUT2D eigenvalue weighted by Gasteiger charge is 2.34. The summed E-state index contributed by atoms with van der Waals surface area (Å²) >= 11 is 0. The van der Waals surface area contributed by atoms with Crippen LogP contribution < -0.4 is 10.2 Å². The van der Waals surface area contributed by atoms with Crippen LogP contribution in [0.15, 0.2) is 18.5 Å². The monoisotopic (exact) mass is 294 g/mol. The standard InChI is InChI=1S/C13H18N4O4/c18-8-4-9(12(20)21)16-11(19)10-3-1-7-17(10)13-14-5-2-6-15-13/h2,5-6,9-10,18H,1,3-4,7-8H2,(H,16,19)(H,20,21)/t9-,10?/m1/s1. The zero-order chi connectivity index (χ0) is 15.2. The van der Waals surface area contributed by atoms with E-state index in [1.54, 1.807) is 23.4 Å². The van der Waals surface area contributed by atoms with Crippen LogP contribution in [0.25, 0.3) is 0 Å². The average molecular weight is 294 g/mol. The summed E-state index contributed by atoms with van der Waals surface area (Å²) in [6, 6.07) is 0.130. The average Bonchev–Trinajstić information content (AvgIpc) is 2.97. The first-order valence-corrected chi connectivity index (χ1v) is 6.81. The number of carboxylic acid groups (broad SMARTS) is 1. The predicted octanol–water partition coefficient (Wildman–Crippen LogP) is -0.603. The van der Waals surface area contributed by atoms with E-state index in [-0.39, 0.29) is 18.9 Å². The van der Waals surface area contributed by atoms with Gasteiger partial charge in [-0.25, -0.2) is 14.8 Å². The first kappa shape index (κ1) is 15.2. The molecule has 3 N–H and O–H groups in total. The van der Waals surface area contributed by atoms with Gasteiger partial charge < -0.3 is 20.4 Å². The number of carbonyl (C=O) groups is 2. The van der Waals surface area contributed by atoms with Gasteiger partial charge in [0.25, 0.3) is 0 Å². The second kappa shape index (κ2) is 6.98. The third-order valence-electron chi connectivity index (χ3n) is 3.40. The van der Waals surface area contributed by atoms with Crippen LogP contribution in [-0.4, -0.2) is 57.3 Å². The van der Waals surface area contributed by atoms with Gasteiger partial charge in [-0.15, -0.1) is 0 Å². The first-order chi connectivity index (χ1) is 10.1. The van der Waals surface area contributed by atoms with Gasteiger partial charge in [0, 0.05) is 32.0 Å². The predicted molar refractivity (Wildman–Crippen MR) is 73.7 cm³/mol. The largest absolute Gasteiger partial charge is 0.480 e. The Hall–Kier alpha value is -2.22. The molecule has 0 saturated carbocycles. The quantitative estimate of drug-likeness (QED) is 0.641. The summed E-state index contributed by atoms with van der Waals surface area (Å²) in [7, 11) is 0. The molecule has 1 aromatic rings. The molecule has 0 aliphatic carbocycles. The lowest BCUT2D eigenvalue weighted by Gasteiger charge is -2.25. The summed E-state index contributed by atoms with van der Waals surface area (Å²) < 4.78 is 0. The third kappa shape index (κ3) is 3.66. The number of aliphatic hydroxyl groups is 1. The molecule has 1 unspecified atom stereocenters. The van der Waals surface area contributed by atoms with Gasteiger partial charge >= 0.3 is 5.97 Å². The van der Waals surface area contributed by atoms with Crippen molar-refractivity contribution in [3.8, 4) is 0 Å². The fourth-order valence-electron chi connectivity index (χ4n) is 2.37. The number of carboxylic acids is 1. The molecule has 8 heteroatoms. The molecule has 21 heavy (non-hydrogen) atoms. The molecule has 0 bridgehead atoms. The van der Waals surface area contributed by atoms with E-state index in [1.165, 1.54) is 0 Å². The minimum absolute atomic E-state index is 0.0182. The number of hydrogen-bond acceptors (Lipinski definition) is 6. The Labute approximate surface area is 121 Å². The molecule has 1 aliphatic rings. The van der Waals surface area contributed by atoms with Crippen molar-refractivity contribution in [1.29, 1.82) is 0 Å². The highest BCUT2D eigenvalue weighted by Crippen LogP contribution is 2.22. The summed E-state index contributed by atoms with van der Waals surface area (Å²) in [5.74, 6) is -1.07.